The number of methoxy groups -OCH3 is 1. The number of piperidine rings is 1. The summed E-state index contributed by atoms with van der Waals surface area (Å²) in [7, 11) is 1.58. The van der Waals surface area contributed by atoms with E-state index in [1.807, 2.05) is 18.2 Å². The van der Waals surface area contributed by atoms with Crippen LogP contribution in [0.2, 0.25) is 0 Å². The van der Waals surface area contributed by atoms with E-state index in [2.05, 4.69) is 14.9 Å². The zero-order chi connectivity index (χ0) is 25.5. The fourth-order valence-electron chi connectivity index (χ4n) is 5.01. The van der Waals surface area contributed by atoms with Gasteiger partial charge in [0.15, 0.2) is 0 Å². The second kappa shape index (κ2) is 12.5. The summed E-state index contributed by atoms with van der Waals surface area (Å²) in [5.41, 5.74) is 1.31. The van der Waals surface area contributed by atoms with Crippen LogP contribution in [0.1, 0.15) is 37.4 Å². The summed E-state index contributed by atoms with van der Waals surface area (Å²) in [6, 6.07) is 11.9. The van der Waals surface area contributed by atoms with Crippen molar-refractivity contribution in [2.75, 3.05) is 32.5 Å². The Kier molecular flexibility index (Phi) is 9.09. The molecule has 1 aromatic carbocycles. The Hall–Kier alpha value is -2.78. The highest BCUT2D eigenvalue weighted by atomic mass is 32.2. The minimum Gasteiger partial charge on any atom is -0.497 e. The van der Waals surface area contributed by atoms with Crippen LogP contribution in [0.15, 0.2) is 53.7 Å². The van der Waals surface area contributed by atoms with Gasteiger partial charge in [-0.15, -0.1) is 11.8 Å². The van der Waals surface area contributed by atoms with E-state index in [1.165, 1.54) is 17.8 Å². The molecule has 3 aromatic rings. The molecule has 9 heteroatoms. The molecule has 192 valence electrons. The van der Waals surface area contributed by atoms with Crippen molar-refractivity contribution in [3.8, 4) is 5.75 Å². The molecule has 0 spiro atoms. The van der Waals surface area contributed by atoms with Gasteiger partial charge in [0, 0.05) is 36.8 Å². The molecule has 3 heterocycles. The van der Waals surface area contributed by atoms with Crippen LogP contribution in [-0.4, -0.2) is 58.4 Å². The molecule has 0 amide bonds. The fraction of sp³-hybridized carbons (Fsp3) is 0.444. The van der Waals surface area contributed by atoms with Crippen molar-refractivity contribution in [1.29, 1.82) is 0 Å². The van der Waals surface area contributed by atoms with Gasteiger partial charge in [0.05, 0.1) is 17.7 Å². The lowest BCUT2D eigenvalue weighted by Crippen LogP contribution is -2.42. The van der Waals surface area contributed by atoms with E-state index in [4.69, 9.17) is 4.74 Å². The first-order valence-electron chi connectivity index (χ1n) is 12.2. The molecule has 2 aromatic heterocycles. The van der Waals surface area contributed by atoms with Gasteiger partial charge in [-0.25, -0.2) is 9.37 Å². The average molecular weight is 516 g/mol. The highest BCUT2D eigenvalue weighted by Gasteiger charge is 2.31. The Labute approximate surface area is 214 Å². The Morgan fingerprint density at radius 3 is 2.92 bits per heavy atom. The van der Waals surface area contributed by atoms with Crippen molar-refractivity contribution in [2.24, 2.45) is 11.8 Å². The van der Waals surface area contributed by atoms with Crippen LogP contribution in [0.25, 0.3) is 10.9 Å². The van der Waals surface area contributed by atoms with E-state index < -0.39 is 18.1 Å². The number of benzene rings is 1. The number of thioether (sulfide) groups is 1. The van der Waals surface area contributed by atoms with Crippen molar-refractivity contribution >= 4 is 28.6 Å². The van der Waals surface area contributed by atoms with Crippen LogP contribution >= 0.6 is 11.8 Å². The number of hydrogen-bond acceptors (Lipinski definition) is 6. The number of carbonyl (C=O) groups is 1. The van der Waals surface area contributed by atoms with Crippen molar-refractivity contribution in [2.45, 2.75) is 36.9 Å². The summed E-state index contributed by atoms with van der Waals surface area (Å²) < 4.78 is 34.0. The van der Waals surface area contributed by atoms with Gasteiger partial charge in [-0.3, -0.25) is 9.78 Å². The smallest absolute Gasteiger partial charge is 0.303 e. The van der Waals surface area contributed by atoms with Crippen LogP contribution in [0.5, 0.6) is 5.75 Å². The Bertz CT molecular complexity index is 1180. The molecule has 1 fully saturated rings. The van der Waals surface area contributed by atoms with Gasteiger partial charge < -0.3 is 14.7 Å². The van der Waals surface area contributed by atoms with Gasteiger partial charge in [-0.1, -0.05) is 6.07 Å². The molecular weight excluding hydrogens is 484 g/mol. The number of rotatable bonds is 11. The third-order valence-corrected chi connectivity index (χ3v) is 7.78. The van der Waals surface area contributed by atoms with E-state index in [0.717, 1.165) is 36.2 Å². The lowest BCUT2D eigenvalue weighted by Gasteiger charge is -2.38. The van der Waals surface area contributed by atoms with E-state index in [9.17, 15) is 14.3 Å². The number of aromatic nitrogens is 2. The van der Waals surface area contributed by atoms with Gasteiger partial charge in [0.1, 0.15) is 11.9 Å². The van der Waals surface area contributed by atoms with Crippen LogP contribution in [0.3, 0.4) is 0 Å². The fourth-order valence-corrected chi connectivity index (χ4v) is 5.89. The summed E-state index contributed by atoms with van der Waals surface area (Å²) in [4.78, 5) is 22.0. The normalized spacial score (nSPS) is 19.3. The first-order chi connectivity index (χ1) is 17.4. The van der Waals surface area contributed by atoms with E-state index in [0.29, 0.717) is 35.7 Å². The molecule has 36 heavy (non-hydrogen) atoms. The maximum Gasteiger partial charge on any atom is 0.303 e. The minimum absolute atomic E-state index is 0.0324. The number of hydrogen-bond donors (Lipinski definition) is 1. The minimum atomic E-state index is -1.17. The summed E-state index contributed by atoms with van der Waals surface area (Å²) in [6.45, 7) is 2.27. The lowest BCUT2D eigenvalue weighted by molar-refractivity contribution is -0.139. The summed E-state index contributed by atoms with van der Waals surface area (Å²) >= 11 is 1.49. The summed E-state index contributed by atoms with van der Waals surface area (Å²) in [5, 5.41) is 10.9. The molecule has 0 unspecified atom stereocenters. The molecule has 1 N–H and O–H groups in total. The largest absolute Gasteiger partial charge is 0.497 e. The van der Waals surface area contributed by atoms with Gasteiger partial charge in [-0.05, 0) is 79.6 Å². The molecule has 0 aliphatic carbocycles. The number of alkyl halides is 1. The van der Waals surface area contributed by atoms with Crippen LogP contribution in [0, 0.1) is 17.8 Å². The van der Waals surface area contributed by atoms with E-state index in [1.54, 1.807) is 31.5 Å². The van der Waals surface area contributed by atoms with Gasteiger partial charge in [-0.2, -0.15) is 4.39 Å². The first kappa shape index (κ1) is 26.3. The number of likely N-dealkylation sites (tertiary alicyclic amines) is 1. The van der Waals surface area contributed by atoms with Crippen molar-refractivity contribution in [3.05, 3.63) is 60.2 Å². The van der Waals surface area contributed by atoms with Crippen molar-refractivity contribution in [1.82, 2.24) is 14.9 Å². The second-order valence-electron chi connectivity index (χ2n) is 9.18. The molecule has 3 atom stereocenters. The predicted molar refractivity (Wildman–Crippen MR) is 137 cm³/mol. The summed E-state index contributed by atoms with van der Waals surface area (Å²) in [6.07, 6.45) is 2.33. The molecule has 1 aliphatic rings. The Morgan fingerprint density at radius 2 is 2.14 bits per heavy atom. The second-order valence-corrected chi connectivity index (χ2v) is 10.3. The van der Waals surface area contributed by atoms with Crippen LogP contribution in [-0.2, 0) is 4.79 Å². The SMILES string of the molecule is COc1ccc2nccc([C@@H](F)CC[C@@H]3CCN(CCSc4cccc(F)n4)C[C@@H]3CC(=O)O)c2c1. The molecule has 0 saturated carbocycles. The predicted octanol–water partition coefficient (Wildman–Crippen LogP) is 5.77. The molecular formula is C27H31F2N3O3S. The number of pyridine rings is 2. The number of nitrogens with zero attached hydrogens (tertiary/aromatic N) is 3. The number of fused-ring (bicyclic) bond motifs is 1. The number of ether oxygens (including phenoxy) is 1. The molecule has 1 saturated heterocycles. The van der Waals surface area contributed by atoms with E-state index >= 15 is 4.39 Å². The van der Waals surface area contributed by atoms with Crippen molar-refractivity contribution in [3.63, 3.8) is 0 Å². The topological polar surface area (TPSA) is 75.5 Å². The molecule has 0 radical (unpaired) electrons. The van der Waals surface area contributed by atoms with Crippen LogP contribution < -0.4 is 4.74 Å². The monoisotopic (exact) mass is 515 g/mol. The molecule has 1 aliphatic heterocycles. The van der Waals surface area contributed by atoms with Gasteiger partial charge in [0.2, 0.25) is 5.95 Å². The third kappa shape index (κ3) is 6.91. The first-order valence-corrected chi connectivity index (χ1v) is 13.2. The number of aliphatic carboxylic acids is 1. The van der Waals surface area contributed by atoms with Gasteiger partial charge >= 0.3 is 5.97 Å². The Morgan fingerprint density at radius 1 is 1.28 bits per heavy atom. The highest BCUT2D eigenvalue weighted by Crippen LogP contribution is 2.36. The third-order valence-electron chi connectivity index (χ3n) is 6.87. The number of carboxylic acids is 1. The zero-order valence-corrected chi connectivity index (χ0v) is 21.1. The highest BCUT2D eigenvalue weighted by molar-refractivity contribution is 7.99. The zero-order valence-electron chi connectivity index (χ0n) is 20.3. The Balaban J connectivity index is 1.34. The lowest BCUT2D eigenvalue weighted by atomic mass is 9.79. The average Bonchev–Trinajstić information content (AvgIpc) is 2.87. The quantitative estimate of drug-likeness (QED) is 0.257. The molecule has 4 rings (SSSR count). The maximum absolute atomic E-state index is 15.4. The molecule has 0 bridgehead atoms. The van der Waals surface area contributed by atoms with E-state index in [-0.39, 0.29) is 18.3 Å². The number of halogens is 2. The maximum atomic E-state index is 15.4. The molecule has 6 nitrogen and oxygen atoms in total. The standard InChI is InChI=1S/C27H31F2N3O3S/c1-35-20-6-8-24-22(16-20)21(9-11-30-24)23(28)7-5-18-10-12-32(17-19(18)15-27(33)34)13-14-36-26-4-2-3-25(29)31-26/h2-4,6,8-9,11,16,18-19,23H,5,7,10,12-15,17H2,1H3,(H,33,34)/t18-,19+,23+/m1/s1. The van der Waals surface area contributed by atoms with Crippen molar-refractivity contribution < 1.29 is 23.4 Å². The van der Waals surface area contributed by atoms with Crippen LogP contribution in [0.4, 0.5) is 8.78 Å². The number of carboxylic acid groups (broad SMARTS) is 1. The summed E-state index contributed by atoms with van der Waals surface area (Å²) in [5.74, 6) is 0.197. The van der Waals surface area contributed by atoms with Gasteiger partial charge in [0.25, 0.3) is 0 Å².